The molecule has 0 aromatic carbocycles. The van der Waals surface area contributed by atoms with Gasteiger partial charge in [0.05, 0.1) is 5.92 Å². The van der Waals surface area contributed by atoms with Crippen LogP contribution in [0.25, 0.3) is 0 Å². The second-order valence-corrected chi connectivity index (χ2v) is 5.87. The highest BCUT2D eigenvalue weighted by Gasteiger charge is 2.60. The quantitative estimate of drug-likeness (QED) is 0.616. The summed E-state index contributed by atoms with van der Waals surface area (Å²) < 4.78 is 5.28. The van der Waals surface area contributed by atoms with Crippen LogP contribution in [0.15, 0.2) is 12.2 Å². The molecule has 4 nitrogen and oxygen atoms in total. The van der Waals surface area contributed by atoms with Gasteiger partial charge in [-0.3, -0.25) is 4.79 Å². The third-order valence-electron chi connectivity index (χ3n) is 4.20. The molecule has 0 aromatic rings. The summed E-state index contributed by atoms with van der Waals surface area (Å²) in [7, 11) is 0. The van der Waals surface area contributed by atoms with Crippen LogP contribution in [0, 0.1) is 17.3 Å². The average Bonchev–Trinajstić information content (AvgIpc) is 2.63. The lowest BCUT2D eigenvalue weighted by molar-refractivity contribution is -0.143. The van der Waals surface area contributed by atoms with Crippen LogP contribution < -0.4 is 0 Å². The van der Waals surface area contributed by atoms with Crippen LogP contribution in [0.1, 0.15) is 39.5 Å². The summed E-state index contributed by atoms with van der Waals surface area (Å²) in [6.45, 7) is 3.81. The van der Waals surface area contributed by atoms with Crippen LogP contribution >= 0.6 is 0 Å². The molecular weight excluding hydrogens is 232 g/mol. The molecule has 2 aliphatic rings. The number of hydrogen-bond donors (Lipinski definition) is 1. The Labute approximate surface area is 107 Å². The minimum absolute atomic E-state index is 0.0598. The zero-order valence-electron chi connectivity index (χ0n) is 10.9. The summed E-state index contributed by atoms with van der Waals surface area (Å²) in [5.74, 6) is -1.58. The van der Waals surface area contributed by atoms with E-state index in [4.69, 9.17) is 9.84 Å². The third kappa shape index (κ3) is 2.57. The van der Waals surface area contributed by atoms with E-state index < -0.39 is 5.97 Å². The van der Waals surface area contributed by atoms with E-state index in [1.165, 1.54) is 6.08 Å². The predicted molar refractivity (Wildman–Crippen MR) is 65.9 cm³/mol. The van der Waals surface area contributed by atoms with Crippen molar-refractivity contribution in [2.45, 2.75) is 45.6 Å². The number of carboxylic acids is 1. The van der Waals surface area contributed by atoms with Gasteiger partial charge in [-0.1, -0.05) is 19.9 Å². The van der Waals surface area contributed by atoms with E-state index in [-0.39, 0.29) is 29.3 Å². The Kier molecular flexibility index (Phi) is 3.46. The monoisotopic (exact) mass is 252 g/mol. The van der Waals surface area contributed by atoms with Crippen molar-refractivity contribution in [2.75, 3.05) is 0 Å². The molecule has 100 valence electrons. The van der Waals surface area contributed by atoms with Crippen LogP contribution in [-0.2, 0) is 14.3 Å². The van der Waals surface area contributed by atoms with Gasteiger partial charge in [-0.2, -0.15) is 0 Å². The molecule has 2 saturated carbocycles. The maximum absolute atomic E-state index is 11.6. The lowest BCUT2D eigenvalue weighted by Crippen LogP contribution is -2.12. The molecule has 0 bridgehead atoms. The van der Waals surface area contributed by atoms with Gasteiger partial charge >= 0.3 is 11.9 Å². The Bertz CT molecular complexity index is 377. The Hall–Kier alpha value is -1.32. The number of carboxylic acid groups (broad SMARTS) is 1. The van der Waals surface area contributed by atoms with Crippen LogP contribution in [0.2, 0.25) is 0 Å². The van der Waals surface area contributed by atoms with Gasteiger partial charge in [0.1, 0.15) is 6.10 Å². The number of aliphatic carboxylic acids is 1. The fraction of sp³-hybridized carbons (Fsp3) is 0.714. The highest BCUT2D eigenvalue weighted by atomic mass is 16.5. The fourth-order valence-electron chi connectivity index (χ4n) is 2.90. The van der Waals surface area contributed by atoms with Crippen molar-refractivity contribution in [2.24, 2.45) is 17.3 Å². The normalized spacial score (nSPS) is 30.6. The average molecular weight is 252 g/mol. The SMILES string of the molecule is CC1(C)C(C=CC(=O)OC2CCCC2)C1C(=O)O. The lowest BCUT2D eigenvalue weighted by atomic mass is 10.1. The van der Waals surface area contributed by atoms with Gasteiger partial charge in [-0.15, -0.1) is 0 Å². The molecule has 2 aliphatic carbocycles. The number of carbonyl (C=O) groups is 2. The maximum atomic E-state index is 11.6. The molecule has 2 rings (SSSR count). The van der Waals surface area contributed by atoms with E-state index in [0.29, 0.717) is 0 Å². The summed E-state index contributed by atoms with van der Waals surface area (Å²) in [6.07, 6.45) is 7.30. The zero-order chi connectivity index (χ0) is 13.3. The number of hydrogen-bond acceptors (Lipinski definition) is 3. The van der Waals surface area contributed by atoms with Crippen molar-refractivity contribution in [1.82, 2.24) is 0 Å². The number of allylic oxidation sites excluding steroid dienone is 1. The zero-order valence-corrected chi connectivity index (χ0v) is 10.9. The van der Waals surface area contributed by atoms with E-state index in [2.05, 4.69) is 0 Å². The number of esters is 1. The summed E-state index contributed by atoms with van der Waals surface area (Å²) in [4.78, 5) is 22.5. The Morgan fingerprint density at radius 2 is 1.89 bits per heavy atom. The second-order valence-electron chi connectivity index (χ2n) is 5.87. The van der Waals surface area contributed by atoms with E-state index >= 15 is 0 Å². The fourth-order valence-corrected chi connectivity index (χ4v) is 2.90. The first-order valence-corrected chi connectivity index (χ1v) is 6.54. The lowest BCUT2D eigenvalue weighted by Gasteiger charge is -2.08. The van der Waals surface area contributed by atoms with E-state index in [1.54, 1.807) is 6.08 Å². The highest BCUT2D eigenvalue weighted by Crippen LogP contribution is 2.59. The van der Waals surface area contributed by atoms with Crippen molar-refractivity contribution in [3.05, 3.63) is 12.2 Å². The van der Waals surface area contributed by atoms with Gasteiger partial charge in [0.15, 0.2) is 0 Å². The molecule has 18 heavy (non-hydrogen) atoms. The van der Waals surface area contributed by atoms with Crippen LogP contribution in [-0.4, -0.2) is 23.1 Å². The third-order valence-corrected chi connectivity index (χ3v) is 4.20. The van der Waals surface area contributed by atoms with Gasteiger partial charge in [-0.25, -0.2) is 4.79 Å². The molecule has 0 aromatic heterocycles. The smallest absolute Gasteiger partial charge is 0.330 e. The summed E-state index contributed by atoms with van der Waals surface area (Å²) >= 11 is 0. The first-order valence-electron chi connectivity index (χ1n) is 6.54. The number of carbonyl (C=O) groups excluding carboxylic acids is 1. The van der Waals surface area contributed by atoms with Gasteiger partial charge in [0, 0.05) is 6.08 Å². The number of rotatable bonds is 4. The Morgan fingerprint density at radius 3 is 2.39 bits per heavy atom. The van der Waals surface area contributed by atoms with Crippen molar-refractivity contribution in [3.63, 3.8) is 0 Å². The number of ether oxygens (including phenoxy) is 1. The molecule has 2 atom stereocenters. The molecule has 0 heterocycles. The molecule has 0 aliphatic heterocycles. The first kappa shape index (κ1) is 13.1. The van der Waals surface area contributed by atoms with Gasteiger partial charge in [0.25, 0.3) is 0 Å². The van der Waals surface area contributed by atoms with Crippen LogP contribution in [0.4, 0.5) is 0 Å². The Morgan fingerprint density at radius 1 is 1.28 bits per heavy atom. The predicted octanol–water partition coefficient (Wildman–Crippen LogP) is 2.39. The topological polar surface area (TPSA) is 63.6 Å². The molecule has 0 amide bonds. The second kappa shape index (κ2) is 4.75. The molecular formula is C14H20O4. The van der Waals surface area contributed by atoms with Crippen molar-refractivity contribution in [3.8, 4) is 0 Å². The van der Waals surface area contributed by atoms with E-state index in [9.17, 15) is 9.59 Å². The minimum atomic E-state index is -0.793. The van der Waals surface area contributed by atoms with E-state index in [0.717, 1.165) is 25.7 Å². The molecule has 2 fully saturated rings. The van der Waals surface area contributed by atoms with Crippen molar-refractivity contribution >= 4 is 11.9 Å². The van der Waals surface area contributed by atoms with Crippen LogP contribution in [0.3, 0.4) is 0 Å². The highest BCUT2D eigenvalue weighted by molar-refractivity contribution is 5.83. The molecule has 0 radical (unpaired) electrons. The summed E-state index contributed by atoms with van der Waals surface area (Å²) in [5.41, 5.74) is -0.254. The summed E-state index contributed by atoms with van der Waals surface area (Å²) in [6, 6.07) is 0. The minimum Gasteiger partial charge on any atom is -0.481 e. The first-order chi connectivity index (χ1) is 8.43. The molecule has 0 spiro atoms. The molecule has 0 saturated heterocycles. The van der Waals surface area contributed by atoms with Crippen molar-refractivity contribution in [1.29, 1.82) is 0 Å². The molecule has 4 heteroatoms. The maximum Gasteiger partial charge on any atom is 0.330 e. The standard InChI is InChI=1S/C14H20O4/c1-14(2)10(12(14)13(16)17)7-8-11(15)18-9-5-3-4-6-9/h7-10,12H,3-6H2,1-2H3,(H,16,17). The van der Waals surface area contributed by atoms with Crippen LogP contribution in [0.5, 0.6) is 0 Å². The van der Waals surface area contributed by atoms with Crippen molar-refractivity contribution < 1.29 is 19.4 Å². The van der Waals surface area contributed by atoms with E-state index in [1.807, 2.05) is 13.8 Å². The van der Waals surface area contributed by atoms with Gasteiger partial charge in [0.2, 0.25) is 0 Å². The molecule has 2 unspecified atom stereocenters. The van der Waals surface area contributed by atoms with Gasteiger partial charge in [-0.05, 0) is 37.0 Å². The molecule has 1 N–H and O–H groups in total. The summed E-state index contributed by atoms with van der Waals surface area (Å²) in [5, 5.41) is 9.00. The van der Waals surface area contributed by atoms with Gasteiger partial charge < -0.3 is 9.84 Å². The largest absolute Gasteiger partial charge is 0.481 e. The Balaban J connectivity index is 1.84.